The second-order valence-corrected chi connectivity index (χ2v) is 7.00. The Morgan fingerprint density at radius 2 is 1.31 bits per heavy atom. The van der Waals surface area contributed by atoms with Gasteiger partial charge in [0.25, 0.3) is 0 Å². The van der Waals surface area contributed by atoms with E-state index in [9.17, 15) is 0 Å². The number of hydrogen-bond acceptors (Lipinski definition) is 1. The molecule has 1 unspecified atom stereocenters. The van der Waals surface area contributed by atoms with Gasteiger partial charge < -0.3 is 5.73 Å². The van der Waals surface area contributed by atoms with E-state index in [0.717, 1.165) is 12.5 Å². The van der Waals surface area contributed by atoms with Crippen molar-refractivity contribution in [3.8, 4) is 0 Å². The second-order valence-electron chi connectivity index (χ2n) is 7.00. The molecule has 0 saturated heterocycles. The van der Waals surface area contributed by atoms with Crippen LogP contribution in [0, 0.1) is 22.7 Å². The lowest BCUT2D eigenvalue weighted by molar-refractivity contribution is 0.103. The van der Waals surface area contributed by atoms with Gasteiger partial charge in [0.15, 0.2) is 0 Å². The van der Waals surface area contributed by atoms with Crippen LogP contribution in [-0.4, -0.2) is 6.54 Å². The van der Waals surface area contributed by atoms with Crippen molar-refractivity contribution in [1.29, 1.82) is 0 Å². The summed E-state index contributed by atoms with van der Waals surface area (Å²) in [4.78, 5) is 0. The largest absolute Gasteiger partial charge is 0.330 e. The fourth-order valence-corrected chi connectivity index (χ4v) is 2.94. The zero-order chi connectivity index (χ0) is 13.0. The Kier molecular flexibility index (Phi) is 6.03. The molecule has 0 aromatic carbocycles. The van der Waals surface area contributed by atoms with Gasteiger partial charge in [-0.15, -0.1) is 0 Å². The van der Waals surface area contributed by atoms with Crippen LogP contribution in [0.3, 0.4) is 0 Å². The quantitative estimate of drug-likeness (QED) is 0.712. The third-order valence-corrected chi connectivity index (χ3v) is 4.37. The van der Waals surface area contributed by atoms with Crippen LogP contribution in [0.4, 0.5) is 0 Å². The molecule has 98 valence electrons. The van der Waals surface area contributed by atoms with Crippen LogP contribution >= 0.6 is 0 Å². The van der Waals surface area contributed by atoms with Gasteiger partial charge in [0.1, 0.15) is 0 Å². The van der Waals surface area contributed by atoms with Gasteiger partial charge in [0.05, 0.1) is 0 Å². The molecule has 0 aromatic heterocycles. The Morgan fingerprint density at radius 3 is 1.56 bits per heavy atom. The SMILES string of the molecule is CCC(CC)C(C)(C)CC(CN)C(C)(C)C. The molecular formula is C15H33N. The van der Waals surface area contributed by atoms with Crippen molar-refractivity contribution < 1.29 is 0 Å². The monoisotopic (exact) mass is 227 g/mol. The van der Waals surface area contributed by atoms with Gasteiger partial charge >= 0.3 is 0 Å². The molecule has 1 heteroatoms. The first-order valence-corrected chi connectivity index (χ1v) is 6.89. The lowest BCUT2D eigenvalue weighted by Gasteiger charge is -2.40. The van der Waals surface area contributed by atoms with Crippen molar-refractivity contribution in [2.24, 2.45) is 28.4 Å². The fraction of sp³-hybridized carbons (Fsp3) is 1.00. The molecule has 0 rings (SSSR count). The van der Waals surface area contributed by atoms with Crippen LogP contribution in [0.15, 0.2) is 0 Å². The van der Waals surface area contributed by atoms with Gasteiger partial charge in [-0.2, -0.15) is 0 Å². The van der Waals surface area contributed by atoms with Gasteiger partial charge in [-0.3, -0.25) is 0 Å². The molecule has 0 aliphatic heterocycles. The van der Waals surface area contributed by atoms with E-state index >= 15 is 0 Å². The van der Waals surface area contributed by atoms with E-state index in [0.29, 0.717) is 16.7 Å². The Hall–Kier alpha value is -0.0400. The van der Waals surface area contributed by atoms with E-state index in [-0.39, 0.29) is 0 Å². The lowest BCUT2D eigenvalue weighted by atomic mass is 9.65. The van der Waals surface area contributed by atoms with E-state index in [1.165, 1.54) is 19.3 Å². The Bertz CT molecular complexity index is 184. The molecule has 0 heterocycles. The smallest absolute Gasteiger partial charge is 0.00437 e. The van der Waals surface area contributed by atoms with Crippen molar-refractivity contribution in [2.75, 3.05) is 6.54 Å². The first-order chi connectivity index (χ1) is 7.19. The third-order valence-electron chi connectivity index (χ3n) is 4.37. The normalized spacial score (nSPS) is 15.6. The van der Waals surface area contributed by atoms with Crippen LogP contribution in [0.2, 0.25) is 0 Å². The first-order valence-electron chi connectivity index (χ1n) is 6.89. The van der Waals surface area contributed by atoms with Crippen LogP contribution in [0.5, 0.6) is 0 Å². The first kappa shape index (κ1) is 16.0. The maximum atomic E-state index is 5.95. The summed E-state index contributed by atoms with van der Waals surface area (Å²) in [6, 6.07) is 0. The zero-order valence-corrected chi connectivity index (χ0v) is 12.6. The Morgan fingerprint density at radius 1 is 0.875 bits per heavy atom. The average molecular weight is 227 g/mol. The predicted octanol–water partition coefficient (Wildman–Crippen LogP) is 4.46. The van der Waals surface area contributed by atoms with Crippen molar-refractivity contribution >= 4 is 0 Å². The van der Waals surface area contributed by atoms with Gasteiger partial charge in [0, 0.05) is 0 Å². The minimum Gasteiger partial charge on any atom is -0.330 e. The summed E-state index contributed by atoms with van der Waals surface area (Å²) in [6.45, 7) is 17.2. The minimum atomic E-state index is 0.331. The molecule has 1 nitrogen and oxygen atoms in total. The van der Waals surface area contributed by atoms with Gasteiger partial charge in [-0.1, -0.05) is 61.3 Å². The summed E-state index contributed by atoms with van der Waals surface area (Å²) in [5, 5.41) is 0. The maximum absolute atomic E-state index is 5.95. The Balaban J connectivity index is 4.66. The van der Waals surface area contributed by atoms with E-state index < -0.39 is 0 Å². The van der Waals surface area contributed by atoms with Crippen LogP contribution < -0.4 is 5.73 Å². The van der Waals surface area contributed by atoms with Crippen molar-refractivity contribution in [1.82, 2.24) is 0 Å². The van der Waals surface area contributed by atoms with Crippen LogP contribution in [0.1, 0.15) is 67.7 Å². The van der Waals surface area contributed by atoms with E-state index in [2.05, 4.69) is 48.5 Å². The molecule has 0 aromatic rings. The topological polar surface area (TPSA) is 26.0 Å². The van der Waals surface area contributed by atoms with Crippen molar-refractivity contribution in [3.05, 3.63) is 0 Å². The number of rotatable bonds is 6. The summed E-state index contributed by atoms with van der Waals surface area (Å²) in [7, 11) is 0. The van der Waals surface area contributed by atoms with Crippen molar-refractivity contribution in [3.63, 3.8) is 0 Å². The molecule has 0 fully saturated rings. The predicted molar refractivity (Wildman–Crippen MR) is 74.5 cm³/mol. The fourth-order valence-electron chi connectivity index (χ4n) is 2.94. The molecule has 0 spiro atoms. The molecule has 0 amide bonds. The molecule has 16 heavy (non-hydrogen) atoms. The molecule has 2 N–H and O–H groups in total. The second kappa shape index (κ2) is 6.05. The third kappa shape index (κ3) is 4.45. The van der Waals surface area contributed by atoms with Gasteiger partial charge in [-0.05, 0) is 35.6 Å². The summed E-state index contributed by atoms with van der Waals surface area (Å²) in [5.74, 6) is 1.45. The zero-order valence-electron chi connectivity index (χ0n) is 12.6. The molecule has 0 aliphatic rings. The molecular weight excluding hydrogens is 194 g/mol. The summed E-state index contributed by atoms with van der Waals surface area (Å²) in [5.41, 5.74) is 6.70. The summed E-state index contributed by atoms with van der Waals surface area (Å²) < 4.78 is 0. The van der Waals surface area contributed by atoms with Gasteiger partial charge in [0.2, 0.25) is 0 Å². The molecule has 0 saturated carbocycles. The molecule has 1 atom stereocenters. The van der Waals surface area contributed by atoms with Crippen LogP contribution in [-0.2, 0) is 0 Å². The number of hydrogen-bond donors (Lipinski definition) is 1. The Labute approximate surface area is 103 Å². The molecule has 0 aliphatic carbocycles. The average Bonchev–Trinajstić information content (AvgIpc) is 2.14. The van der Waals surface area contributed by atoms with E-state index in [1.54, 1.807) is 0 Å². The van der Waals surface area contributed by atoms with E-state index in [4.69, 9.17) is 5.73 Å². The van der Waals surface area contributed by atoms with Crippen LogP contribution in [0.25, 0.3) is 0 Å². The standard InChI is InChI=1S/C15H33N/c1-8-12(9-2)15(6,7)10-13(11-16)14(3,4)5/h12-13H,8-11,16H2,1-7H3. The maximum Gasteiger partial charge on any atom is -0.00437 e. The summed E-state index contributed by atoms with van der Waals surface area (Å²) >= 11 is 0. The lowest BCUT2D eigenvalue weighted by Crippen LogP contribution is -2.35. The number of nitrogens with two attached hydrogens (primary N) is 1. The molecule has 0 radical (unpaired) electrons. The highest BCUT2D eigenvalue weighted by molar-refractivity contribution is 4.84. The minimum absolute atomic E-state index is 0.331. The van der Waals surface area contributed by atoms with Crippen molar-refractivity contribution in [2.45, 2.75) is 67.7 Å². The van der Waals surface area contributed by atoms with Gasteiger partial charge in [-0.25, -0.2) is 0 Å². The van der Waals surface area contributed by atoms with E-state index in [1.807, 2.05) is 0 Å². The highest BCUT2D eigenvalue weighted by Gasteiger charge is 2.33. The highest BCUT2D eigenvalue weighted by atomic mass is 14.6. The summed E-state index contributed by atoms with van der Waals surface area (Å²) in [6.07, 6.45) is 3.81. The highest BCUT2D eigenvalue weighted by Crippen LogP contribution is 2.42. The molecule has 0 bridgehead atoms.